The van der Waals surface area contributed by atoms with Crippen LogP contribution in [0.5, 0.6) is 17.2 Å². The van der Waals surface area contributed by atoms with Crippen molar-refractivity contribution in [3.8, 4) is 17.2 Å². The zero-order valence-corrected chi connectivity index (χ0v) is 11.8. The third-order valence-electron chi connectivity index (χ3n) is 2.79. The molecule has 0 bridgehead atoms. The monoisotopic (exact) mass is 311 g/mol. The Labute approximate surface area is 125 Å². The second-order valence-corrected chi connectivity index (χ2v) is 4.31. The van der Waals surface area contributed by atoms with Gasteiger partial charge in [-0.05, 0) is 18.2 Å². The molecule has 0 spiro atoms. The summed E-state index contributed by atoms with van der Waals surface area (Å²) in [4.78, 5) is 10.3. The molecule has 0 aliphatic heterocycles. The summed E-state index contributed by atoms with van der Waals surface area (Å²) in [5.74, 6) is 0.00365. The Balaban J connectivity index is 2.45. The van der Waals surface area contributed by atoms with Gasteiger partial charge in [0.25, 0.3) is 5.69 Å². The molecule has 0 radical (unpaired) electrons. The molecule has 0 aliphatic carbocycles. The standard InChI is InChI=1S/C14H11ClFNO4/c1-20-13-6-5-9(17(18)19)7-14(13)21-12-4-2-3-11(16)10(12)8-15/h2-7H,8H2,1H3. The van der Waals surface area contributed by atoms with Gasteiger partial charge in [-0.1, -0.05) is 6.07 Å². The van der Waals surface area contributed by atoms with Crippen LogP contribution in [0.1, 0.15) is 5.56 Å². The predicted molar refractivity (Wildman–Crippen MR) is 75.7 cm³/mol. The van der Waals surface area contributed by atoms with Crippen molar-refractivity contribution in [1.29, 1.82) is 0 Å². The fraction of sp³-hybridized carbons (Fsp3) is 0.143. The van der Waals surface area contributed by atoms with Crippen LogP contribution in [0.25, 0.3) is 0 Å². The van der Waals surface area contributed by atoms with Crippen LogP contribution < -0.4 is 9.47 Å². The topological polar surface area (TPSA) is 61.6 Å². The second kappa shape index (κ2) is 6.41. The Morgan fingerprint density at radius 1 is 1.24 bits per heavy atom. The quantitative estimate of drug-likeness (QED) is 0.470. The molecule has 0 aliphatic rings. The van der Waals surface area contributed by atoms with Crippen LogP contribution in [0.2, 0.25) is 0 Å². The first kappa shape index (κ1) is 15.1. The van der Waals surface area contributed by atoms with Crippen LogP contribution in [-0.4, -0.2) is 12.0 Å². The normalized spacial score (nSPS) is 10.2. The minimum Gasteiger partial charge on any atom is -0.493 e. The van der Waals surface area contributed by atoms with E-state index in [9.17, 15) is 14.5 Å². The van der Waals surface area contributed by atoms with E-state index in [4.69, 9.17) is 21.1 Å². The van der Waals surface area contributed by atoms with Crippen molar-refractivity contribution < 1.29 is 18.8 Å². The number of halogens is 2. The summed E-state index contributed by atoms with van der Waals surface area (Å²) in [6.45, 7) is 0. The molecule has 5 nitrogen and oxygen atoms in total. The van der Waals surface area contributed by atoms with Gasteiger partial charge in [-0.3, -0.25) is 10.1 Å². The summed E-state index contributed by atoms with van der Waals surface area (Å²) in [6.07, 6.45) is 0. The summed E-state index contributed by atoms with van der Waals surface area (Å²) in [5, 5.41) is 10.8. The van der Waals surface area contributed by atoms with Crippen molar-refractivity contribution in [1.82, 2.24) is 0 Å². The molecule has 0 N–H and O–H groups in total. The van der Waals surface area contributed by atoms with Gasteiger partial charge in [0.15, 0.2) is 11.5 Å². The van der Waals surface area contributed by atoms with Crippen LogP contribution in [0.4, 0.5) is 10.1 Å². The van der Waals surface area contributed by atoms with E-state index in [1.54, 1.807) is 0 Å². The Morgan fingerprint density at radius 3 is 2.62 bits per heavy atom. The number of nitrogens with zero attached hydrogens (tertiary/aromatic N) is 1. The third-order valence-corrected chi connectivity index (χ3v) is 3.05. The number of nitro benzene ring substituents is 1. The minimum atomic E-state index is -0.555. The number of rotatable bonds is 5. The molecule has 0 aromatic heterocycles. The molecule has 0 unspecified atom stereocenters. The summed E-state index contributed by atoms with van der Waals surface area (Å²) < 4.78 is 24.3. The van der Waals surface area contributed by atoms with Crippen LogP contribution in [0.15, 0.2) is 36.4 Å². The zero-order chi connectivity index (χ0) is 15.4. The molecule has 0 amide bonds. The largest absolute Gasteiger partial charge is 0.493 e. The molecule has 2 rings (SSSR count). The average molecular weight is 312 g/mol. The van der Waals surface area contributed by atoms with Crippen molar-refractivity contribution in [2.45, 2.75) is 5.88 Å². The highest BCUT2D eigenvalue weighted by molar-refractivity contribution is 6.17. The van der Waals surface area contributed by atoms with E-state index in [0.717, 1.165) is 0 Å². The smallest absolute Gasteiger partial charge is 0.273 e. The molecule has 0 saturated heterocycles. The van der Waals surface area contributed by atoms with E-state index >= 15 is 0 Å². The maximum atomic E-state index is 13.6. The van der Waals surface area contributed by atoms with Crippen molar-refractivity contribution in [2.24, 2.45) is 0 Å². The number of ether oxygens (including phenoxy) is 2. The fourth-order valence-corrected chi connectivity index (χ4v) is 2.00. The number of nitro groups is 1. The molecular formula is C14H11ClFNO4. The van der Waals surface area contributed by atoms with Gasteiger partial charge in [0.2, 0.25) is 0 Å². The summed E-state index contributed by atoms with van der Waals surface area (Å²) >= 11 is 5.70. The number of methoxy groups -OCH3 is 1. The molecule has 21 heavy (non-hydrogen) atoms. The van der Waals surface area contributed by atoms with E-state index < -0.39 is 10.7 Å². The molecule has 0 heterocycles. The van der Waals surface area contributed by atoms with Gasteiger partial charge in [0, 0.05) is 11.6 Å². The summed E-state index contributed by atoms with van der Waals surface area (Å²) in [7, 11) is 1.40. The third kappa shape index (κ3) is 3.22. The highest BCUT2D eigenvalue weighted by Crippen LogP contribution is 2.36. The van der Waals surface area contributed by atoms with E-state index in [2.05, 4.69) is 0 Å². The molecule has 2 aromatic rings. The first-order valence-electron chi connectivity index (χ1n) is 5.90. The van der Waals surface area contributed by atoms with Crippen molar-refractivity contribution >= 4 is 17.3 Å². The number of alkyl halides is 1. The van der Waals surface area contributed by atoms with Crippen molar-refractivity contribution in [3.05, 3.63) is 57.9 Å². The maximum Gasteiger partial charge on any atom is 0.273 e. The molecule has 2 aromatic carbocycles. The lowest BCUT2D eigenvalue weighted by Gasteiger charge is -2.12. The Hall–Kier alpha value is -2.34. The van der Waals surface area contributed by atoms with Crippen LogP contribution in [0, 0.1) is 15.9 Å². The van der Waals surface area contributed by atoms with Gasteiger partial charge in [0.1, 0.15) is 11.6 Å². The fourth-order valence-electron chi connectivity index (χ4n) is 1.74. The summed E-state index contributed by atoms with van der Waals surface area (Å²) in [6, 6.07) is 8.16. The number of non-ortho nitro benzene ring substituents is 1. The predicted octanol–water partition coefficient (Wildman–Crippen LogP) is 4.27. The lowest BCUT2D eigenvalue weighted by Crippen LogP contribution is -1.96. The van der Waals surface area contributed by atoms with E-state index in [1.807, 2.05) is 0 Å². The maximum absolute atomic E-state index is 13.6. The van der Waals surface area contributed by atoms with Crippen molar-refractivity contribution in [3.63, 3.8) is 0 Å². The van der Waals surface area contributed by atoms with Crippen molar-refractivity contribution in [2.75, 3.05) is 7.11 Å². The summed E-state index contributed by atoms with van der Waals surface area (Å²) in [5.41, 5.74) is 0.0161. The Morgan fingerprint density at radius 2 is 2.00 bits per heavy atom. The lowest BCUT2D eigenvalue weighted by atomic mass is 10.2. The van der Waals surface area contributed by atoms with Gasteiger partial charge in [-0.2, -0.15) is 0 Å². The second-order valence-electron chi connectivity index (χ2n) is 4.04. The van der Waals surface area contributed by atoms with E-state index in [-0.39, 0.29) is 28.6 Å². The lowest BCUT2D eigenvalue weighted by molar-refractivity contribution is -0.384. The Kier molecular flexibility index (Phi) is 4.59. The van der Waals surface area contributed by atoms with Gasteiger partial charge >= 0.3 is 0 Å². The highest BCUT2D eigenvalue weighted by Gasteiger charge is 2.16. The van der Waals surface area contributed by atoms with Crippen LogP contribution in [0.3, 0.4) is 0 Å². The molecule has 0 saturated carbocycles. The molecule has 110 valence electrons. The Bertz CT molecular complexity index is 678. The highest BCUT2D eigenvalue weighted by atomic mass is 35.5. The minimum absolute atomic E-state index is 0.0841. The molecule has 7 heteroatoms. The van der Waals surface area contributed by atoms with Gasteiger partial charge in [-0.15, -0.1) is 11.6 Å². The number of hydrogen-bond donors (Lipinski definition) is 0. The van der Waals surface area contributed by atoms with Crippen LogP contribution >= 0.6 is 11.6 Å². The van der Waals surface area contributed by atoms with E-state index in [0.29, 0.717) is 5.75 Å². The molecular weight excluding hydrogens is 301 g/mol. The number of benzene rings is 2. The number of hydrogen-bond acceptors (Lipinski definition) is 4. The zero-order valence-electron chi connectivity index (χ0n) is 11.0. The SMILES string of the molecule is COc1ccc([N+](=O)[O-])cc1Oc1cccc(F)c1CCl. The van der Waals surface area contributed by atoms with E-state index in [1.165, 1.54) is 43.5 Å². The first-order valence-corrected chi connectivity index (χ1v) is 6.44. The molecule has 0 atom stereocenters. The van der Waals surface area contributed by atoms with Gasteiger partial charge in [0.05, 0.1) is 24.0 Å². The van der Waals surface area contributed by atoms with Gasteiger partial charge < -0.3 is 9.47 Å². The first-order chi connectivity index (χ1) is 10.1. The van der Waals surface area contributed by atoms with Gasteiger partial charge in [-0.25, -0.2) is 4.39 Å². The van der Waals surface area contributed by atoms with Crippen LogP contribution in [-0.2, 0) is 5.88 Å². The molecule has 0 fully saturated rings. The average Bonchev–Trinajstić information content (AvgIpc) is 2.47.